The summed E-state index contributed by atoms with van der Waals surface area (Å²) in [6.07, 6.45) is 4.89. The number of H-pyrrole nitrogens is 1. The predicted octanol–water partition coefficient (Wildman–Crippen LogP) is 6.57. The monoisotopic (exact) mass is 729 g/mol. The van der Waals surface area contributed by atoms with Crippen LogP contribution < -0.4 is 19.8 Å². The molecule has 3 atom stereocenters. The number of esters is 2. The quantitative estimate of drug-likeness (QED) is 0.143. The van der Waals surface area contributed by atoms with Crippen LogP contribution in [-0.2, 0) is 27.2 Å². The molecule has 1 aliphatic heterocycles. The van der Waals surface area contributed by atoms with Gasteiger partial charge in [0.2, 0.25) is 0 Å². The summed E-state index contributed by atoms with van der Waals surface area (Å²) in [5.41, 5.74) is 2.13. The number of aromatic nitrogens is 1. The van der Waals surface area contributed by atoms with E-state index in [0.29, 0.717) is 56.6 Å². The van der Waals surface area contributed by atoms with Crippen LogP contribution in [0.4, 0.5) is 0 Å². The Morgan fingerprint density at radius 3 is 2.43 bits per heavy atom. The van der Waals surface area contributed by atoms with Gasteiger partial charge in [-0.15, -0.1) is 11.3 Å². The molecule has 2 aromatic heterocycles. The third-order valence-electron chi connectivity index (χ3n) is 8.31. The van der Waals surface area contributed by atoms with E-state index in [4.69, 9.17) is 42.1 Å². The Bertz CT molecular complexity index is 1670. The summed E-state index contributed by atoms with van der Waals surface area (Å²) < 4.78 is 22.8. The molecule has 49 heavy (non-hydrogen) atoms. The Labute approximate surface area is 300 Å². The highest BCUT2D eigenvalue weighted by Crippen LogP contribution is 2.36. The van der Waals surface area contributed by atoms with E-state index >= 15 is 0 Å². The van der Waals surface area contributed by atoms with Crippen LogP contribution in [0.1, 0.15) is 56.2 Å². The molecule has 1 fully saturated rings. The molecule has 0 bridgehead atoms. The first-order valence-corrected chi connectivity index (χ1v) is 17.3. The maximum Gasteiger partial charge on any atom is 0.348 e. The zero-order valence-electron chi connectivity index (χ0n) is 27.6. The zero-order valence-corrected chi connectivity index (χ0v) is 29.9. The van der Waals surface area contributed by atoms with Crippen molar-refractivity contribution >= 4 is 46.5 Å². The highest BCUT2D eigenvalue weighted by atomic mass is 35.5. The first-order valence-electron chi connectivity index (χ1n) is 15.7. The van der Waals surface area contributed by atoms with Gasteiger partial charge in [0, 0.05) is 35.9 Å². The minimum atomic E-state index is -0.737. The third-order valence-corrected chi connectivity index (χ3v) is 10.0. The van der Waals surface area contributed by atoms with Gasteiger partial charge in [-0.25, -0.2) is 14.6 Å². The van der Waals surface area contributed by atoms with Crippen molar-refractivity contribution in [1.82, 2.24) is 10.2 Å². The van der Waals surface area contributed by atoms with Crippen LogP contribution in [0.5, 0.6) is 11.5 Å². The number of nitrogens with one attached hydrogen (secondary N) is 2. The van der Waals surface area contributed by atoms with Gasteiger partial charge in [0.25, 0.3) is 0 Å². The molecule has 2 aromatic carbocycles. The lowest BCUT2D eigenvalue weighted by Crippen LogP contribution is -2.36. The minimum absolute atomic E-state index is 0. The van der Waals surface area contributed by atoms with E-state index in [-0.39, 0.29) is 17.9 Å². The number of carbonyl (C=O) groups excluding carboxylic acids is 2. The second-order valence-electron chi connectivity index (χ2n) is 11.7. The first kappa shape index (κ1) is 38.1. The van der Waals surface area contributed by atoms with Crippen LogP contribution >= 0.6 is 34.5 Å². The Kier molecular flexibility index (Phi) is 14.3. The summed E-state index contributed by atoms with van der Waals surface area (Å²) in [6, 6.07) is 17.8. The van der Waals surface area contributed by atoms with Gasteiger partial charge < -0.3 is 29.3 Å². The number of aromatic amines is 1. The average molecular weight is 731 g/mol. The second kappa shape index (κ2) is 18.3. The fourth-order valence-electron chi connectivity index (χ4n) is 5.79. The molecule has 1 aliphatic rings. The number of methoxy groups -OCH3 is 2. The lowest BCUT2D eigenvalue weighted by molar-refractivity contribution is -0.377. The molecule has 0 aliphatic carbocycles. The van der Waals surface area contributed by atoms with Crippen LogP contribution in [0.15, 0.2) is 73.1 Å². The smallest absolute Gasteiger partial charge is 0.348 e. The highest BCUT2D eigenvalue weighted by molar-refractivity contribution is 7.13. The molecular weight excluding hydrogens is 689 g/mol. The van der Waals surface area contributed by atoms with Gasteiger partial charge in [-0.3, -0.25) is 5.32 Å². The van der Waals surface area contributed by atoms with Crippen molar-refractivity contribution in [2.24, 2.45) is 5.92 Å². The molecule has 13 heteroatoms. The topological polar surface area (TPSA) is 130 Å². The van der Waals surface area contributed by atoms with E-state index in [9.17, 15) is 9.59 Å². The molecule has 5 rings (SSSR count). The van der Waals surface area contributed by atoms with Crippen LogP contribution in [0.2, 0.25) is 10.0 Å². The summed E-state index contributed by atoms with van der Waals surface area (Å²) in [6.45, 7) is 2.73. The Balaban J connectivity index is 0.00000541. The largest absolute Gasteiger partial charge is 0.870 e. The highest BCUT2D eigenvalue weighted by Gasteiger charge is 2.27. The SMILES string of the molecule is COc1ccc([C@H](Cc2c(Cl)c[nH+]cc2Cl)OC(=O)c2ccc(CNC(C(=O)OC[C@H]3CCCN(C)C3)c3ccccc3)s2)cc1OC.[OH-]. The van der Waals surface area contributed by atoms with E-state index in [1.54, 1.807) is 44.8 Å². The number of rotatable bonds is 14. The molecule has 1 unspecified atom stereocenters. The van der Waals surface area contributed by atoms with Crippen molar-refractivity contribution in [2.75, 3.05) is 41.0 Å². The molecule has 3 heterocycles. The zero-order chi connectivity index (χ0) is 34.0. The van der Waals surface area contributed by atoms with Crippen molar-refractivity contribution in [3.63, 3.8) is 0 Å². The maximum atomic E-state index is 13.6. The molecule has 3 N–H and O–H groups in total. The van der Waals surface area contributed by atoms with Crippen molar-refractivity contribution in [3.05, 3.63) is 110 Å². The van der Waals surface area contributed by atoms with Crippen LogP contribution in [0, 0.1) is 5.92 Å². The number of benzene rings is 2. The summed E-state index contributed by atoms with van der Waals surface area (Å²) in [7, 11) is 5.19. The van der Waals surface area contributed by atoms with E-state index in [0.717, 1.165) is 36.4 Å². The van der Waals surface area contributed by atoms with E-state index in [2.05, 4.69) is 22.2 Å². The standard InChI is InChI=1S/C36H39Cl2N3O6S.H2O/c1-41-15-7-8-23(21-41)22-46-36(43)34(24-9-5-4-6-10-24)40-18-26-12-14-33(48-26)35(42)47-31(17-27-28(37)19-39-20-29(27)38)25-11-13-30(44-2)32(16-25)45-3;/h4-6,9-14,16,19-20,23,31,34,40H,7-8,15,17-18,21-22H2,1-3H3;1H2/t23-,31-,34?;/m0./s1. The molecule has 10 nitrogen and oxygen atoms in total. The summed E-state index contributed by atoms with van der Waals surface area (Å²) in [4.78, 5) is 33.4. The number of pyridine rings is 1. The number of piperidine rings is 1. The normalized spacial score (nSPS) is 15.8. The maximum absolute atomic E-state index is 13.6. The second-order valence-corrected chi connectivity index (χ2v) is 13.7. The summed E-state index contributed by atoms with van der Waals surface area (Å²) in [5, 5.41) is 4.20. The number of likely N-dealkylation sites (tertiary alicyclic amines) is 1. The van der Waals surface area contributed by atoms with Gasteiger partial charge in [0.1, 0.15) is 27.1 Å². The van der Waals surface area contributed by atoms with Gasteiger partial charge in [-0.2, -0.15) is 0 Å². The van der Waals surface area contributed by atoms with Crippen LogP contribution in [-0.4, -0.2) is 63.3 Å². The number of carbonyl (C=O) groups is 2. The molecule has 0 radical (unpaired) electrons. The predicted molar refractivity (Wildman–Crippen MR) is 188 cm³/mol. The molecule has 1 saturated heterocycles. The van der Waals surface area contributed by atoms with E-state index < -0.39 is 18.1 Å². The molecular formula is C36H41Cl2N3O7S. The molecule has 0 amide bonds. The van der Waals surface area contributed by atoms with Gasteiger partial charge >= 0.3 is 11.9 Å². The van der Waals surface area contributed by atoms with Gasteiger partial charge in [0.05, 0.1) is 20.8 Å². The fourth-order valence-corrected chi connectivity index (χ4v) is 7.16. The molecule has 4 aromatic rings. The molecule has 0 saturated carbocycles. The Hall–Kier alpha value is -3.71. The summed E-state index contributed by atoms with van der Waals surface area (Å²) >= 11 is 14.2. The number of nitrogens with zero attached hydrogens (tertiary/aromatic N) is 1. The first-order chi connectivity index (χ1) is 23.2. The number of thiophene rings is 1. The van der Waals surface area contributed by atoms with Gasteiger partial charge in [-0.1, -0.05) is 59.6 Å². The lowest BCUT2D eigenvalue weighted by Gasteiger charge is -2.29. The van der Waals surface area contributed by atoms with Crippen molar-refractivity contribution < 1.29 is 39.0 Å². The van der Waals surface area contributed by atoms with Crippen molar-refractivity contribution in [3.8, 4) is 11.5 Å². The molecule has 0 spiro atoms. The lowest BCUT2D eigenvalue weighted by atomic mass is 9.99. The van der Waals surface area contributed by atoms with Gasteiger partial charge in [-0.05, 0) is 61.8 Å². The van der Waals surface area contributed by atoms with E-state index in [1.807, 2.05) is 42.5 Å². The van der Waals surface area contributed by atoms with Gasteiger partial charge in [0.15, 0.2) is 23.9 Å². The van der Waals surface area contributed by atoms with Crippen molar-refractivity contribution in [1.29, 1.82) is 0 Å². The molecule has 262 valence electrons. The van der Waals surface area contributed by atoms with E-state index in [1.165, 1.54) is 11.3 Å². The number of halogens is 2. The fraction of sp³-hybridized carbons (Fsp3) is 0.361. The van der Waals surface area contributed by atoms with Crippen LogP contribution in [0.3, 0.4) is 0 Å². The Morgan fingerprint density at radius 2 is 1.73 bits per heavy atom. The minimum Gasteiger partial charge on any atom is -0.870 e. The number of ether oxygens (including phenoxy) is 4. The number of hydrogen-bond donors (Lipinski definition) is 1. The third kappa shape index (κ3) is 10.2. The van der Waals surface area contributed by atoms with Crippen LogP contribution in [0.25, 0.3) is 0 Å². The van der Waals surface area contributed by atoms with Crippen molar-refractivity contribution in [2.45, 2.75) is 38.0 Å². The number of hydrogen-bond acceptors (Lipinski definition) is 10. The Morgan fingerprint density at radius 1 is 1.00 bits per heavy atom. The average Bonchev–Trinajstić information content (AvgIpc) is 3.58. The summed E-state index contributed by atoms with van der Waals surface area (Å²) in [5.74, 6) is 0.546.